The molecule has 0 saturated heterocycles. The summed E-state index contributed by atoms with van der Waals surface area (Å²) in [6, 6.07) is 6.38. The molecule has 2 aliphatic rings. The van der Waals surface area contributed by atoms with Crippen molar-refractivity contribution in [2.24, 2.45) is 0 Å². The molecule has 1 unspecified atom stereocenters. The van der Waals surface area contributed by atoms with Crippen molar-refractivity contribution in [2.45, 2.75) is 6.04 Å². The summed E-state index contributed by atoms with van der Waals surface area (Å²) in [5, 5.41) is 9.21. The van der Waals surface area contributed by atoms with Gasteiger partial charge in [-0.3, -0.25) is 9.97 Å². The minimum absolute atomic E-state index is 0.0949. The van der Waals surface area contributed by atoms with Crippen molar-refractivity contribution in [1.29, 1.82) is 0 Å². The van der Waals surface area contributed by atoms with Crippen LogP contribution in [0.2, 0.25) is 0 Å². The maximum Gasteiger partial charge on any atom is 0.166 e. The van der Waals surface area contributed by atoms with E-state index in [1.807, 2.05) is 6.07 Å². The first kappa shape index (κ1) is 15.1. The Labute approximate surface area is 150 Å². The van der Waals surface area contributed by atoms with Gasteiger partial charge < -0.3 is 14.4 Å². The summed E-state index contributed by atoms with van der Waals surface area (Å²) in [6.07, 6.45) is 11.5. The van der Waals surface area contributed by atoms with Crippen LogP contribution in [0.15, 0.2) is 53.2 Å². The Morgan fingerprint density at radius 2 is 1.92 bits per heavy atom. The molecule has 0 fully saturated rings. The van der Waals surface area contributed by atoms with Crippen LogP contribution < -0.4 is 10.6 Å². The second-order valence-electron chi connectivity index (χ2n) is 6.54. The topological polar surface area (TPSA) is 61.5 Å². The van der Waals surface area contributed by atoms with Crippen molar-refractivity contribution in [3.8, 4) is 0 Å². The molecular weight excluding hydrogens is 328 g/mol. The molecule has 0 N–H and O–H groups in total. The van der Waals surface area contributed by atoms with E-state index < -0.39 is 0 Å². The van der Waals surface area contributed by atoms with Gasteiger partial charge in [0.1, 0.15) is 0 Å². The van der Waals surface area contributed by atoms with Crippen LogP contribution in [-0.2, 0) is 0 Å². The highest BCUT2D eigenvalue weighted by molar-refractivity contribution is 5.74. The largest absolute Gasteiger partial charge is 0.357 e. The van der Waals surface area contributed by atoms with Crippen LogP contribution in [-0.4, -0.2) is 50.7 Å². The molecule has 4 heterocycles. The van der Waals surface area contributed by atoms with Crippen molar-refractivity contribution < 1.29 is 4.52 Å². The molecule has 5 rings (SSSR count). The number of hydrogen-bond donors (Lipinski definition) is 0. The van der Waals surface area contributed by atoms with Crippen LogP contribution in [0.1, 0.15) is 11.6 Å². The number of hydrogen-bond acceptors (Lipinski definition) is 7. The minimum Gasteiger partial charge on any atom is -0.357 e. The Morgan fingerprint density at radius 1 is 1.08 bits per heavy atom. The lowest BCUT2D eigenvalue weighted by molar-refractivity contribution is 0.0684. The molecule has 0 spiro atoms. The van der Waals surface area contributed by atoms with E-state index in [1.54, 1.807) is 18.6 Å². The Kier molecular flexibility index (Phi) is 3.29. The molecule has 2 aliphatic heterocycles. The van der Waals surface area contributed by atoms with E-state index in [4.69, 9.17) is 4.52 Å². The molecule has 0 aliphatic carbocycles. The van der Waals surface area contributed by atoms with Gasteiger partial charge in [0.2, 0.25) is 0 Å². The number of fused-ring (bicyclic) bond motifs is 2. The molecule has 3 aromatic rings. The molecule has 7 nitrogen and oxygen atoms in total. The first-order valence-electron chi connectivity index (χ1n) is 8.48. The first-order chi connectivity index (χ1) is 12.7. The van der Waals surface area contributed by atoms with Gasteiger partial charge in [-0.2, -0.15) is 0 Å². The summed E-state index contributed by atoms with van der Waals surface area (Å²) in [4.78, 5) is 11.1. The van der Waals surface area contributed by atoms with Gasteiger partial charge in [0, 0.05) is 45.4 Å². The highest BCUT2D eigenvalue weighted by Crippen LogP contribution is 2.37. The number of nitrogens with zero attached hydrogens (tertiary/aromatic N) is 6. The van der Waals surface area contributed by atoms with E-state index >= 15 is 0 Å². The summed E-state index contributed by atoms with van der Waals surface area (Å²) in [5.74, 6) is 0. The summed E-state index contributed by atoms with van der Waals surface area (Å²) < 4.78 is 5.25. The van der Waals surface area contributed by atoms with Gasteiger partial charge in [0.15, 0.2) is 5.42 Å². The number of hydrazine groups is 1. The fourth-order valence-corrected chi connectivity index (χ4v) is 3.58. The molecule has 1 aromatic carbocycles. The highest BCUT2D eigenvalue weighted by Gasteiger charge is 2.33. The van der Waals surface area contributed by atoms with Gasteiger partial charge in [-0.25, -0.2) is 5.01 Å². The van der Waals surface area contributed by atoms with Crippen molar-refractivity contribution in [2.75, 3.05) is 20.6 Å². The van der Waals surface area contributed by atoms with Crippen molar-refractivity contribution in [1.82, 2.24) is 30.0 Å². The predicted octanol–water partition coefficient (Wildman–Crippen LogP) is 0.827. The van der Waals surface area contributed by atoms with E-state index in [2.05, 4.69) is 74.7 Å². The maximum atomic E-state index is 5.25. The molecular formula is C19H18N6O. The third kappa shape index (κ3) is 2.28. The first-order valence-corrected chi connectivity index (χ1v) is 8.48. The van der Waals surface area contributed by atoms with Gasteiger partial charge >= 0.3 is 0 Å². The Hall–Kier alpha value is -3.19. The quantitative estimate of drug-likeness (QED) is 0.681. The summed E-state index contributed by atoms with van der Waals surface area (Å²) in [7, 11) is 4.15. The van der Waals surface area contributed by atoms with Crippen molar-refractivity contribution in [3.05, 3.63) is 64.9 Å². The lowest BCUT2D eigenvalue weighted by Gasteiger charge is -2.31. The molecule has 1 atom stereocenters. The van der Waals surface area contributed by atoms with Gasteiger partial charge in [0.25, 0.3) is 0 Å². The monoisotopic (exact) mass is 346 g/mol. The highest BCUT2D eigenvalue weighted by atomic mass is 16.5. The standard InChI is InChI=1S/C19H18N6O/c1-23-12-17(25-8-5-18-14(11-25)10-22-26-18)19(24(23)2)13-3-4-15-16(9-13)21-7-6-20-15/h3-7,9-12,19H,8H2,1-2H3. The average Bonchev–Trinajstić information content (AvgIpc) is 3.25. The van der Waals surface area contributed by atoms with E-state index in [1.165, 1.54) is 11.3 Å². The summed E-state index contributed by atoms with van der Waals surface area (Å²) in [6.45, 7) is 0.750. The van der Waals surface area contributed by atoms with Crippen LogP contribution >= 0.6 is 0 Å². The van der Waals surface area contributed by atoms with Crippen LogP contribution in [0, 0.1) is 0 Å². The lowest BCUT2D eigenvalue weighted by atomic mass is 10.0. The number of aromatic nitrogens is 3. The van der Waals surface area contributed by atoms with Crippen LogP contribution in [0.3, 0.4) is 0 Å². The fraction of sp³-hybridized carbons (Fsp3) is 0.211. The molecule has 0 radical (unpaired) electrons. The molecule has 7 heteroatoms. The van der Waals surface area contributed by atoms with E-state index in [0.29, 0.717) is 0 Å². The molecule has 0 saturated carbocycles. The molecule has 2 aromatic heterocycles. The van der Waals surface area contributed by atoms with E-state index in [9.17, 15) is 0 Å². The molecule has 0 bridgehead atoms. The van der Waals surface area contributed by atoms with Gasteiger partial charge in [-0.15, -0.1) is 0 Å². The summed E-state index contributed by atoms with van der Waals surface area (Å²) in [5.41, 5.74) is 5.02. The molecule has 26 heavy (non-hydrogen) atoms. The SMILES string of the molecule is CN1C=C(N2C=c3cnoc3=CC2)C(c2ccc3nccnc3c2)N1C. The zero-order valence-electron chi connectivity index (χ0n) is 14.6. The van der Waals surface area contributed by atoms with Crippen LogP contribution in [0.5, 0.6) is 0 Å². The smallest absolute Gasteiger partial charge is 0.166 e. The summed E-state index contributed by atoms with van der Waals surface area (Å²) >= 11 is 0. The third-order valence-electron chi connectivity index (χ3n) is 5.01. The van der Waals surface area contributed by atoms with Crippen molar-refractivity contribution in [3.63, 3.8) is 0 Å². The average molecular weight is 346 g/mol. The number of rotatable bonds is 2. The Bertz CT molecular complexity index is 1130. The molecule has 0 amide bonds. The number of likely N-dealkylation sites (N-methyl/N-ethyl adjacent to an activating group) is 1. The fourth-order valence-electron chi connectivity index (χ4n) is 3.58. The lowest BCUT2D eigenvalue weighted by Crippen LogP contribution is -2.36. The van der Waals surface area contributed by atoms with Crippen molar-refractivity contribution >= 4 is 23.3 Å². The second kappa shape index (κ2) is 5.67. The van der Waals surface area contributed by atoms with Gasteiger partial charge in [0.05, 0.1) is 34.2 Å². The molecule has 130 valence electrons. The second-order valence-corrected chi connectivity index (χ2v) is 6.54. The van der Waals surface area contributed by atoms with Crippen LogP contribution in [0.4, 0.5) is 0 Å². The Balaban J connectivity index is 1.58. The zero-order chi connectivity index (χ0) is 17.7. The minimum atomic E-state index is 0.0949. The maximum absolute atomic E-state index is 5.25. The normalized spacial score (nSPS) is 19.9. The van der Waals surface area contributed by atoms with Gasteiger partial charge in [-0.05, 0) is 23.8 Å². The number of benzene rings is 1. The predicted molar refractivity (Wildman–Crippen MR) is 97.3 cm³/mol. The third-order valence-corrected chi connectivity index (χ3v) is 5.01. The zero-order valence-corrected chi connectivity index (χ0v) is 14.6. The van der Waals surface area contributed by atoms with Gasteiger partial charge in [-0.1, -0.05) is 11.2 Å². The van der Waals surface area contributed by atoms with Crippen LogP contribution in [0.25, 0.3) is 23.3 Å². The van der Waals surface area contributed by atoms with E-state index in [-0.39, 0.29) is 6.04 Å². The Morgan fingerprint density at radius 3 is 2.81 bits per heavy atom. The van der Waals surface area contributed by atoms with E-state index in [0.717, 1.165) is 28.2 Å².